The Labute approximate surface area is 91.6 Å². The molecule has 0 aliphatic carbocycles. The van der Waals surface area contributed by atoms with E-state index in [9.17, 15) is 0 Å². The van der Waals surface area contributed by atoms with Gasteiger partial charge in [0, 0.05) is 5.56 Å². The van der Waals surface area contributed by atoms with Gasteiger partial charge >= 0.3 is 0 Å². The third-order valence-electron chi connectivity index (χ3n) is 2.06. The monoisotopic (exact) mass is 224 g/mol. The van der Waals surface area contributed by atoms with E-state index in [1.807, 2.05) is 6.07 Å². The molecule has 1 aromatic heterocycles. The number of hydrogen-bond acceptors (Lipinski definition) is 4. The maximum atomic E-state index is 6.07. The van der Waals surface area contributed by atoms with Gasteiger partial charge in [0.15, 0.2) is 0 Å². The van der Waals surface area contributed by atoms with E-state index in [2.05, 4.69) is 5.16 Å². The van der Waals surface area contributed by atoms with Crippen molar-refractivity contribution < 1.29 is 9.26 Å². The Morgan fingerprint density at radius 3 is 2.73 bits per heavy atom. The van der Waals surface area contributed by atoms with Gasteiger partial charge in [0.1, 0.15) is 5.75 Å². The van der Waals surface area contributed by atoms with Crippen molar-refractivity contribution in [1.82, 2.24) is 5.16 Å². The molecule has 0 atom stereocenters. The van der Waals surface area contributed by atoms with Gasteiger partial charge in [-0.25, -0.2) is 0 Å². The highest BCUT2D eigenvalue weighted by molar-refractivity contribution is 6.33. The number of nitrogen functional groups attached to an aromatic ring is 1. The van der Waals surface area contributed by atoms with E-state index < -0.39 is 0 Å². The summed E-state index contributed by atoms with van der Waals surface area (Å²) in [5.41, 5.74) is 7.05. The molecule has 0 aliphatic rings. The van der Waals surface area contributed by atoms with Crippen LogP contribution in [0, 0.1) is 0 Å². The molecular formula is C10H9ClN2O2. The lowest BCUT2D eigenvalue weighted by molar-refractivity contribution is 0.415. The first-order valence-electron chi connectivity index (χ1n) is 4.26. The number of aromatic nitrogens is 1. The number of anilines is 1. The number of nitrogens with zero attached hydrogens (tertiary/aromatic N) is 1. The van der Waals surface area contributed by atoms with Gasteiger partial charge in [0.2, 0.25) is 5.88 Å². The van der Waals surface area contributed by atoms with E-state index in [0.717, 1.165) is 5.56 Å². The number of hydrogen-bond donors (Lipinski definition) is 1. The molecule has 1 heterocycles. The summed E-state index contributed by atoms with van der Waals surface area (Å²) in [5.74, 6) is 0.945. The Morgan fingerprint density at radius 1 is 1.40 bits per heavy atom. The lowest BCUT2D eigenvalue weighted by Gasteiger charge is -2.04. The zero-order valence-electron chi connectivity index (χ0n) is 8.03. The number of ether oxygens (including phenoxy) is 1. The molecule has 5 heteroatoms. The largest absolute Gasteiger partial charge is 0.497 e. The average molecular weight is 225 g/mol. The summed E-state index contributed by atoms with van der Waals surface area (Å²) < 4.78 is 9.81. The van der Waals surface area contributed by atoms with E-state index in [4.69, 9.17) is 26.6 Å². The minimum Gasteiger partial charge on any atom is -0.497 e. The lowest BCUT2D eigenvalue weighted by atomic mass is 10.1. The summed E-state index contributed by atoms with van der Waals surface area (Å²) in [7, 11) is 1.58. The Balaban J connectivity index is 2.50. The molecule has 1 aromatic carbocycles. The van der Waals surface area contributed by atoms with Crippen LogP contribution in [0.15, 0.2) is 28.9 Å². The highest BCUT2D eigenvalue weighted by Gasteiger charge is 2.11. The van der Waals surface area contributed by atoms with E-state index in [-0.39, 0.29) is 5.88 Å². The third-order valence-corrected chi connectivity index (χ3v) is 2.38. The van der Waals surface area contributed by atoms with Crippen molar-refractivity contribution in [3.8, 4) is 16.9 Å². The molecule has 0 fully saturated rings. The molecule has 78 valence electrons. The summed E-state index contributed by atoms with van der Waals surface area (Å²) in [6, 6.07) is 5.32. The fourth-order valence-electron chi connectivity index (χ4n) is 1.29. The maximum absolute atomic E-state index is 6.07. The predicted octanol–water partition coefficient (Wildman–Crippen LogP) is 2.59. The number of nitrogens with two attached hydrogens (primary N) is 1. The first-order valence-corrected chi connectivity index (χ1v) is 4.64. The average Bonchev–Trinajstić information content (AvgIpc) is 2.64. The summed E-state index contributed by atoms with van der Waals surface area (Å²) in [6.07, 6.45) is 1.53. The Hall–Kier alpha value is -1.68. The van der Waals surface area contributed by atoms with Crippen LogP contribution >= 0.6 is 11.6 Å². The predicted molar refractivity (Wildman–Crippen MR) is 57.9 cm³/mol. The summed E-state index contributed by atoms with van der Waals surface area (Å²) in [6.45, 7) is 0. The van der Waals surface area contributed by atoms with Crippen LogP contribution in [-0.4, -0.2) is 12.3 Å². The molecule has 2 N–H and O–H groups in total. The summed E-state index contributed by atoms with van der Waals surface area (Å²) in [5, 5.41) is 4.14. The standard InChI is InChI=1S/C10H9ClN2O2/c1-14-6-2-3-7(9(11)4-6)8-5-13-15-10(8)12/h2-5H,12H2,1H3. The molecule has 0 amide bonds. The van der Waals surface area contributed by atoms with Gasteiger partial charge in [-0.1, -0.05) is 16.8 Å². The van der Waals surface area contributed by atoms with Gasteiger partial charge in [-0.15, -0.1) is 0 Å². The van der Waals surface area contributed by atoms with Crippen molar-refractivity contribution in [3.63, 3.8) is 0 Å². The van der Waals surface area contributed by atoms with E-state index in [1.54, 1.807) is 19.2 Å². The fourth-order valence-corrected chi connectivity index (χ4v) is 1.56. The van der Waals surface area contributed by atoms with Gasteiger partial charge in [-0.2, -0.15) is 0 Å². The molecule has 0 unspecified atom stereocenters. The first kappa shape index (κ1) is 9.86. The Bertz CT molecular complexity index is 482. The molecule has 0 aliphatic heterocycles. The van der Waals surface area contributed by atoms with Crippen LogP contribution < -0.4 is 10.5 Å². The molecule has 0 saturated carbocycles. The minimum atomic E-state index is 0.252. The molecular weight excluding hydrogens is 216 g/mol. The van der Waals surface area contributed by atoms with Crippen molar-refractivity contribution >= 4 is 17.5 Å². The zero-order chi connectivity index (χ0) is 10.8. The van der Waals surface area contributed by atoms with Crippen molar-refractivity contribution in [2.75, 3.05) is 12.8 Å². The molecule has 0 spiro atoms. The summed E-state index contributed by atoms with van der Waals surface area (Å²) in [4.78, 5) is 0. The normalized spacial score (nSPS) is 10.3. The quantitative estimate of drug-likeness (QED) is 0.852. The number of benzene rings is 1. The van der Waals surface area contributed by atoms with Crippen LogP contribution in [0.1, 0.15) is 0 Å². The van der Waals surface area contributed by atoms with Gasteiger partial charge in [-0.05, 0) is 18.2 Å². The summed E-state index contributed by atoms with van der Waals surface area (Å²) >= 11 is 6.07. The molecule has 4 nitrogen and oxygen atoms in total. The van der Waals surface area contributed by atoms with Crippen molar-refractivity contribution in [3.05, 3.63) is 29.4 Å². The fraction of sp³-hybridized carbons (Fsp3) is 0.100. The maximum Gasteiger partial charge on any atom is 0.230 e. The SMILES string of the molecule is COc1ccc(-c2cnoc2N)c(Cl)c1. The topological polar surface area (TPSA) is 61.3 Å². The minimum absolute atomic E-state index is 0.252. The van der Waals surface area contributed by atoms with Crippen molar-refractivity contribution in [1.29, 1.82) is 0 Å². The third kappa shape index (κ3) is 1.76. The Kier molecular flexibility index (Phi) is 2.51. The van der Waals surface area contributed by atoms with E-state index in [0.29, 0.717) is 16.3 Å². The highest BCUT2D eigenvalue weighted by Crippen LogP contribution is 2.33. The van der Waals surface area contributed by atoms with Crippen LogP contribution in [0.5, 0.6) is 5.75 Å². The second kappa shape index (κ2) is 3.82. The van der Waals surface area contributed by atoms with E-state index in [1.165, 1.54) is 6.20 Å². The first-order chi connectivity index (χ1) is 7.22. The van der Waals surface area contributed by atoms with Gasteiger partial charge < -0.3 is 15.0 Å². The van der Waals surface area contributed by atoms with Gasteiger partial charge in [-0.3, -0.25) is 0 Å². The molecule has 2 rings (SSSR count). The molecule has 15 heavy (non-hydrogen) atoms. The van der Waals surface area contributed by atoms with Crippen LogP contribution in [0.3, 0.4) is 0 Å². The van der Waals surface area contributed by atoms with Gasteiger partial charge in [0.05, 0.1) is 23.9 Å². The van der Waals surface area contributed by atoms with Crippen molar-refractivity contribution in [2.24, 2.45) is 0 Å². The van der Waals surface area contributed by atoms with Crippen LogP contribution in [-0.2, 0) is 0 Å². The Morgan fingerprint density at radius 2 is 2.20 bits per heavy atom. The number of halogens is 1. The number of methoxy groups -OCH3 is 1. The smallest absolute Gasteiger partial charge is 0.230 e. The second-order valence-electron chi connectivity index (χ2n) is 2.95. The molecule has 2 aromatic rings. The van der Waals surface area contributed by atoms with Crippen LogP contribution in [0.4, 0.5) is 5.88 Å². The zero-order valence-corrected chi connectivity index (χ0v) is 8.78. The highest BCUT2D eigenvalue weighted by atomic mass is 35.5. The van der Waals surface area contributed by atoms with E-state index >= 15 is 0 Å². The molecule has 0 saturated heterocycles. The van der Waals surface area contributed by atoms with Crippen LogP contribution in [0.25, 0.3) is 11.1 Å². The molecule has 0 bridgehead atoms. The lowest BCUT2D eigenvalue weighted by Crippen LogP contribution is -1.87. The number of rotatable bonds is 2. The second-order valence-corrected chi connectivity index (χ2v) is 3.36. The van der Waals surface area contributed by atoms with Crippen LogP contribution in [0.2, 0.25) is 5.02 Å². The van der Waals surface area contributed by atoms with Gasteiger partial charge in [0.25, 0.3) is 0 Å². The molecule has 0 radical (unpaired) electrons. The van der Waals surface area contributed by atoms with Crippen molar-refractivity contribution in [2.45, 2.75) is 0 Å².